The third-order valence-corrected chi connectivity index (χ3v) is 20.9. The molecule has 0 aliphatic carbocycles. The van der Waals surface area contributed by atoms with E-state index in [1.807, 2.05) is 42.6 Å². The van der Waals surface area contributed by atoms with Gasteiger partial charge in [-0.25, -0.2) is 15.0 Å². The Balaban J connectivity index is 0.000000134. The first-order valence-electron chi connectivity index (χ1n) is 35.1. The summed E-state index contributed by atoms with van der Waals surface area (Å²) in [6, 6.07) is 128. The number of aromatic nitrogens is 8. The average molecular weight is 1310 g/mol. The predicted octanol–water partition coefficient (Wildman–Crippen LogP) is 24.4. The Morgan fingerprint density at radius 1 is 0.204 bits per heavy atom. The smallest absolute Gasteiger partial charge is 0.161 e. The lowest BCUT2D eigenvalue weighted by Crippen LogP contribution is -2.00. The molecule has 0 N–H and O–H groups in total. The maximum atomic E-state index is 5.16. The fourth-order valence-electron chi connectivity index (χ4n) is 16.5. The summed E-state index contributed by atoms with van der Waals surface area (Å²) < 4.78 is 12.0. The molecule has 0 bridgehead atoms. The molecule has 0 saturated carbocycles. The Morgan fingerprint density at radius 3 is 1.03 bits per heavy atom. The van der Waals surface area contributed by atoms with Crippen molar-refractivity contribution in [3.8, 4) is 62.5 Å². The summed E-state index contributed by atoms with van der Waals surface area (Å²) >= 11 is 0. The van der Waals surface area contributed by atoms with Gasteiger partial charge in [-0.1, -0.05) is 237 Å². The molecule has 0 aliphatic rings. The van der Waals surface area contributed by atoms with E-state index in [4.69, 9.17) is 15.0 Å². The molecular weight excluding hydrogens is 1250 g/mol. The normalized spacial score (nSPS) is 11.9. The van der Waals surface area contributed by atoms with Crippen molar-refractivity contribution in [2.45, 2.75) is 0 Å². The van der Waals surface area contributed by atoms with Gasteiger partial charge in [-0.15, -0.1) is 0 Å². The van der Waals surface area contributed by atoms with E-state index in [9.17, 15) is 0 Å². The number of benzene rings is 15. The molecule has 22 aromatic rings. The van der Waals surface area contributed by atoms with E-state index in [0.717, 1.165) is 67.7 Å². The summed E-state index contributed by atoms with van der Waals surface area (Å²) in [4.78, 5) is 15.3. The molecule has 0 aliphatic heterocycles. The second-order valence-corrected chi connectivity index (χ2v) is 26.6. The van der Waals surface area contributed by atoms with Crippen LogP contribution in [0.3, 0.4) is 0 Å². The topological polar surface area (TPSA) is 63.3 Å². The van der Waals surface area contributed by atoms with Crippen LogP contribution in [0.1, 0.15) is 0 Å². The Labute approximate surface area is 591 Å². The summed E-state index contributed by atoms with van der Waals surface area (Å²) in [6.45, 7) is 0. The first-order valence-corrected chi connectivity index (χ1v) is 35.1. The standard InChI is InChI=1S/C49H31N5.C46H29N3/c1-4-14-32(15-5-1)42-30-43(33-16-6-2-7-17-33)52-49(51-42)36-24-25-48(50-31-36)54-45-27-35-19-11-10-18-34(35)26-39(45)41-29-46-40(28-47(41)54)38-22-12-13-23-44(38)53(46)37-20-8-3-9-21-37;1-2-14-30(15-3-1)48-41-24-12-8-20-37(41)43-35-18-4-5-19-36(35)44-38-21-9-13-25-42(38)49(46(44)45(43)48)32-28-26-31(27-29-32)47-39-22-10-6-16-33(39)34-17-7-11-23-40(34)47/h1-31H;1-29H. The van der Waals surface area contributed by atoms with Crippen LogP contribution in [0.2, 0.25) is 0 Å². The van der Waals surface area contributed by atoms with E-state index in [2.05, 4.69) is 344 Å². The lowest BCUT2D eigenvalue weighted by atomic mass is 9.98. The minimum absolute atomic E-state index is 0.637. The van der Waals surface area contributed by atoms with E-state index in [1.165, 1.54) is 120 Å². The molecule has 0 saturated heterocycles. The number of hydrogen-bond acceptors (Lipinski definition) is 3. The van der Waals surface area contributed by atoms with Gasteiger partial charge in [0.05, 0.1) is 66.6 Å². The van der Waals surface area contributed by atoms with Crippen molar-refractivity contribution in [1.82, 2.24) is 37.8 Å². The van der Waals surface area contributed by atoms with E-state index in [1.54, 1.807) is 0 Å². The number of fused-ring (bicyclic) bond motifs is 20. The molecule has 15 aromatic carbocycles. The predicted molar refractivity (Wildman–Crippen MR) is 429 cm³/mol. The number of nitrogens with zero attached hydrogens (tertiary/aromatic N) is 8. The van der Waals surface area contributed by atoms with E-state index < -0.39 is 0 Å². The molecular formula is C95H60N8. The third kappa shape index (κ3) is 9.14. The van der Waals surface area contributed by atoms with Crippen LogP contribution in [-0.2, 0) is 0 Å². The monoisotopic (exact) mass is 1310 g/mol. The summed E-state index contributed by atoms with van der Waals surface area (Å²) in [7, 11) is 0. The van der Waals surface area contributed by atoms with Crippen LogP contribution in [0.4, 0.5) is 0 Å². The zero-order chi connectivity index (χ0) is 67.6. The SMILES string of the molecule is c1ccc(-c2cc(-c3ccccc3)nc(-c3ccc(-n4c5cc6ccccc6cc5c5cc6c(cc54)c4ccccc4n6-c4ccccc4)nc3)n2)cc1.c1ccc(-n2c3ccccc3c3c4ccccc4c4c5ccccc5n(-c5ccc(-n6c7ccccc7c7ccccc76)cc5)c4c32)cc1. The Morgan fingerprint density at radius 2 is 0.544 bits per heavy atom. The van der Waals surface area contributed by atoms with Crippen molar-refractivity contribution in [2.24, 2.45) is 0 Å². The summed E-state index contributed by atoms with van der Waals surface area (Å²) in [6.07, 6.45) is 1.91. The Hall–Kier alpha value is -14.0. The zero-order valence-corrected chi connectivity index (χ0v) is 55.7. The minimum Gasteiger partial charge on any atom is -0.309 e. The van der Waals surface area contributed by atoms with Crippen LogP contribution in [0, 0.1) is 0 Å². The maximum absolute atomic E-state index is 5.16. The molecule has 0 amide bonds. The fourth-order valence-corrected chi connectivity index (χ4v) is 16.5. The highest BCUT2D eigenvalue weighted by atomic mass is 15.1. The van der Waals surface area contributed by atoms with Gasteiger partial charge >= 0.3 is 0 Å². The summed E-state index contributed by atoms with van der Waals surface area (Å²) in [5, 5.41) is 17.4. The first-order chi connectivity index (χ1) is 51.1. The van der Waals surface area contributed by atoms with Crippen LogP contribution in [0.25, 0.3) is 193 Å². The van der Waals surface area contributed by atoms with Crippen molar-refractivity contribution >= 4 is 131 Å². The highest BCUT2D eigenvalue weighted by molar-refractivity contribution is 6.36. The highest BCUT2D eigenvalue weighted by Crippen LogP contribution is 2.48. The Bertz CT molecular complexity index is 7010. The van der Waals surface area contributed by atoms with Crippen LogP contribution < -0.4 is 0 Å². The lowest BCUT2D eigenvalue weighted by Gasteiger charge is -2.15. The molecule has 0 radical (unpaired) electrons. The van der Waals surface area contributed by atoms with Gasteiger partial charge in [-0.2, -0.15) is 0 Å². The largest absolute Gasteiger partial charge is 0.309 e. The molecule has 0 fully saturated rings. The van der Waals surface area contributed by atoms with Crippen LogP contribution in [0.5, 0.6) is 0 Å². The third-order valence-electron chi connectivity index (χ3n) is 20.9. The first kappa shape index (κ1) is 58.1. The van der Waals surface area contributed by atoms with Crippen molar-refractivity contribution < 1.29 is 0 Å². The minimum atomic E-state index is 0.637. The van der Waals surface area contributed by atoms with Gasteiger partial charge < -0.3 is 18.3 Å². The van der Waals surface area contributed by atoms with Crippen LogP contribution >= 0.6 is 0 Å². The molecule has 480 valence electrons. The zero-order valence-electron chi connectivity index (χ0n) is 55.7. The molecule has 103 heavy (non-hydrogen) atoms. The van der Waals surface area contributed by atoms with Crippen molar-refractivity contribution in [2.75, 3.05) is 0 Å². The molecule has 8 nitrogen and oxygen atoms in total. The lowest BCUT2D eigenvalue weighted by molar-refractivity contribution is 1.08. The number of hydrogen-bond donors (Lipinski definition) is 0. The maximum Gasteiger partial charge on any atom is 0.161 e. The van der Waals surface area contributed by atoms with Gasteiger partial charge in [-0.05, 0) is 143 Å². The van der Waals surface area contributed by atoms with Crippen LogP contribution in [0.15, 0.2) is 364 Å². The van der Waals surface area contributed by atoms with Crippen molar-refractivity contribution in [1.29, 1.82) is 0 Å². The molecule has 8 heteroatoms. The van der Waals surface area contributed by atoms with Gasteiger partial charge in [0.1, 0.15) is 5.82 Å². The van der Waals surface area contributed by atoms with Gasteiger partial charge in [0.2, 0.25) is 0 Å². The van der Waals surface area contributed by atoms with Gasteiger partial charge in [0.25, 0.3) is 0 Å². The Kier molecular flexibility index (Phi) is 13.2. The van der Waals surface area contributed by atoms with E-state index >= 15 is 0 Å². The second kappa shape index (κ2) is 23.3. The number of rotatable bonds is 8. The van der Waals surface area contributed by atoms with Gasteiger partial charge in [-0.3, -0.25) is 4.57 Å². The van der Waals surface area contributed by atoms with E-state index in [-0.39, 0.29) is 0 Å². The quantitative estimate of drug-likeness (QED) is 0.152. The van der Waals surface area contributed by atoms with Crippen molar-refractivity contribution in [3.63, 3.8) is 0 Å². The molecule has 7 aromatic heterocycles. The van der Waals surface area contributed by atoms with Gasteiger partial charge in [0, 0.05) is 99.5 Å². The fraction of sp³-hybridized carbons (Fsp3) is 0. The number of pyridine rings is 1. The second-order valence-electron chi connectivity index (χ2n) is 26.6. The average Bonchev–Trinajstić information content (AvgIpc) is 1.34. The molecule has 0 atom stereocenters. The molecule has 0 unspecified atom stereocenters. The molecule has 7 heterocycles. The molecule has 22 rings (SSSR count). The van der Waals surface area contributed by atoms with Crippen molar-refractivity contribution in [3.05, 3.63) is 364 Å². The highest BCUT2D eigenvalue weighted by Gasteiger charge is 2.26. The summed E-state index contributed by atoms with van der Waals surface area (Å²) in [5.41, 5.74) is 21.1. The van der Waals surface area contributed by atoms with E-state index in [0.29, 0.717) is 5.82 Å². The molecule has 0 spiro atoms. The van der Waals surface area contributed by atoms with Crippen LogP contribution in [-0.4, -0.2) is 37.8 Å². The number of para-hydroxylation sites is 7. The summed E-state index contributed by atoms with van der Waals surface area (Å²) in [5.74, 6) is 1.47. The van der Waals surface area contributed by atoms with Gasteiger partial charge in [0.15, 0.2) is 5.82 Å².